The molecule has 230 valence electrons. The van der Waals surface area contributed by atoms with Crippen molar-refractivity contribution in [3.05, 3.63) is 182 Å². The van der Waals surface area contributed by atoms with E-state index in [1.807, 2.05) is 47.7 Å². The fraction of sp³-hybridized carbons (Fsp3) is 0. The van der Waals surface area contributed by atoms with Gasteiger partial charge < -0.3 is 0 Å². The molecular formula is C46H30N2S. The second-order valence-electron chi connectivity index (χ2n) is 12.2. The lowest BCUT2D eigenvalue weighted by atomic mass is 9.96. The average molecular weight is 643 g/mol. The Morgan fingerprint density at radius 2 is 0.837 bits per heavy atom. The maximum Gasteiger partial charge on any atom is 0.160 e. The quantitative estimate of drug-likeness (QED) is 0.180. The highest BCUT2D eigenvalue weighted by atomic mass is 32.1. The average Bonchev–Trinajstić information content (AvgIpc) is 3.58. The van der Waals surface area contributed by atoms with Gasteiger partial charge in [-0.25, -0.2) is 9.97 Å². The molecule has 0 saturated carbocycles. The third-order valence-corrected chi connectivity index (χ3v) is 10.3. The number of fused-ring (bicyclic) bond motifs is 3. The first-order valence-electron chi connectivity index (χ1n) is 16.5. The van der Waals surface area contributed by atoms with Gasteiger partial charge in [0.2, 0.25) is 0 Å². The van der Waals surface area contributed by atoms with Crippen molar-refractivity contribution < 1.29 is 0 Å². The summed E-state index contributed by atoms with van der Waals surface area (Å²) in [6.45, 7) is 0. The van der Waals surface area contributed by atoms with Crippen molar-refractivity contribution in [2.24, 2.45) is 0 Å². The Morgan fingerprint density at radius 1 is 0.327 bits per heavy atom. The van der Waals surface area contributed by atoms with E-state index in [0.717, 1.165) is 45.0 Å². The fourth-order valence-corrected chi connectivity index (χ4v) is 7.86. The van der Waals surface area contributed by atoms with Crippen LogP contribution in [0.5, 0.6) is 0 Å². The van der Waals surface area contributed by atoms with E-state index in [1.54, 1.807) is 0 Å². The molecule has 0 radical (unpaired) electrons. The Kier molecular flexibility index (Phi) is 7.38. The summed E-state index contributed by atoms with van der Waals surface area (Å²) in [5.74, 6) is 0.720. The number of thiophene rings is 1. The number of hydrogen-bond donors (Lipinski definition) is 0. The zero-order chi connectivity index (χ0) is 32.6. The van der Waals surface area contributed by atoms with Crippen molar-refractivity contribution in [3.63, 3.8) is 0 Å². The van der Waals surface area contributed by atoms with Gasteiger partial charge in [-0.1, -0.05) is 158 Å². The molecule has 3 heteroatoms. The van der Waals surface area contributed by atoms with E-state index in [-0.39, 0.29) is 0 Å². The molecule has 0 amide bonds. The number of nitrogens with zero attached hydrogens (tertiary/aromatic N) is 2. The first-order chi connectivity index (χ1) is 24.3. The largest absolute Gasteiger partial charge is 0.228 e. The second-order valence-corrected chi connectivity index (χ2v) is 13.3. The van der Waals surface area contributed by atoms with Crippen LogP contribution in [0.25, 0.3) is 87.5 Å². The summed E-state index contributed by atoms with van der Waals surface area (Å²) in [4.78, 5) is 10.0. The Morgan fingerprint density at radius 3 is 1.55 bits per heavy atom. The lowest BCUT2D eigenvalue weighted by Gasteiger charge is -2.11. The molecule has 0 aliphatic rings. The minimum absolute atomic E-state index is 0.720. The molecule has 9 rings (SSSR count). The van der Waals surface area contributed by atoms with Crippen molar-refractivity contribution in [2.45, 2.75) is 0 Å². The van der Waals surface area contributed by atoms with Gasteiger partial charge >= 0.3 is 0 Å². The molecular weight excluding hydrogens is 613 g/mol. The molecule has 0 atom stereocenters. The summed E-state index contributed by atoms with van der Waals surface area (Å²) in [6, 6.07) is 64.4. The minimum atomic E-state index is 0.720. The summed E-state index contributed by atoms with van der Waals surface area (Å²) >= 11 is 1.87. The van der Waals surface area contributed by atoms with Crippen LogP contribution in [0.3, 0.4) is 0 Å². The SMILES string of the molecule is c1ccc(-c2cc(-c3cccc(-c4ccc(-c5cccc(-c6cccc7c6sc6ccccc67)c5)cc4)c3)nc(-c3ccccc3)n2)cc1. The maximum atomic E-state index is 5.04. The van der Waals surface area contributed by atoms with Crippen LogP contribution in [0.1, 0.15) is 0 Å². The molecule has 0 fully saturated rings. The molecule has 0 saturated heterocycles. The molecule has 0 bridgehead atoms. The van der Waals surface area contributed by atoms with E-state index in [4.69, 9.17) is 9.97 Å². The summed E-state index contributed by atoms with van der Waals surface area (Å²) in [6.07, 6.45) is 0. The zero-order valence-corrected chi connectivity index (χ0v) is 27.4. The smallest absolute Gasteiger partial charge is 0.160 e. The van der Waals surface area contributed by atoms with Gasteiger partial charge in [0.05, 0.1) is 11.4 Å². The van der Waals surface area contributed by atoms with Gasteiger partial charge in [-0.3, -0.25) is 0 Å². The molecule has 0 spiro atoms. The van der Waals surface area contributed by atoms with E-state index < -0.39 is 0 Å². The van der Waals surface area contributed by atoms with E-state index in [9.17, 15) is 0 Å². The third kappa shape index (κ3) is 5.61. The van der Waals surface area contributed by atoms with Crippen molar-refractivity contribution in [1.29, 1.82) is 0 Å². The molecule has 49 heavy (non-hydrogen) atoms. The number of aromatic nitrogens is 2. The van der Waals surface area contributed by atoms with Gasteiger partial charge in [0.25, 0.3) is 0 Å². The fourth-order valence-electron chi connectivity index (χ4n) is 6.62. The lowest BCUT2D eigenvalue weighted by molar-refractivity contribution is 1.18. The minimum Gasteiger partial charge on any atom is -0.228 e. The Bertz CT molecular complexity index is 2530. The van der Waals surface area contributed by atoms with Gasteiger partial charge in [-0.05, 0) is 57.6 Å². The Balaban J connectivity index is 1.05. The monoisotopic (exact) mass is 642 g/mol. The molecule has 0 aliphatic carbocycles. The van der Waals surface area contributed by atoms with Gasteiger partial charge in [-0.15, -0.1) is 11.3 Å². The predicted molar refractivity (Wildman–Crippen MR) is 208 cm³/mol. The number of benzene rings is 7. The lowest BCUT2D eigenvalue weighted by Crippen LogP contribution is -1.96. The Hall–Kier alpha value is -6.16. The van der Waals surface area contributed by atoms with Gasteiger partial charge in [0.15, 0.2) is 5.82 Å². The topological polar surface area (TPSA) is 25.8 Å². The molecule has 7 aromatic carbocycles. The van der Waals surface area contributed by atoms with Crippen LogP contribution < -0.4 is 0 Å². The van der Waals surface area contributed by atoms with E-state index >= 15 is 0 Å². The molecule has 2 heterocycles. The van der Waals surface area contributed by atoms with Crippen molar-refractivity contribution in [2.75, 3.05) is 0 Å². The first-order valence-corrected chi connectivity index (χ1v) is 17.3. The van der Waals surface area contributed by atoms with Crippen molar-refractivity contribution in [1.82, 2.24) is 9.97 Å². The summed E-state index contributed by atoms with van der Waals surface area (Å²) < 4.78 is 2.67. The predicted octanol–water partition coefficient (Wildman–Crippen LogP) is 12.8. The van der Waals surface area contributed by atoms with Gasteiger partial charge in [0, 0.05) is 36.9 Å². The molecule has 2 nitrogen and oxygen atoms in total. The molecule has 0 aliphatic heterocycles. The highest BCUT2D eigenvalue weighted by Crippen LogP contribution is 2.40. The van der Waals surface area contributed by atoms with Crippen LogP contribution in [0.4, 0.5) is 0 Å². The van der Waals surface area contributed by atoms with Crippen LogP contribution in [-0.4, -0.2) is 9.97 Å². The van der Waals surface area contributed by atoms with Crippen LogP contribution in [0.15, 0.2) is 182 Å². The molecule has 0 unspecified atom stereocenters. The number of rotatable bonds is 6. The third-order valence-electron chi connectivity index (χ3n) is 9.12. The maximum absolute atomic E-state index is 5.04. The highest BCUT2D eigenvalue weighted by molar-refractivity contribution is 7.26. The van der Waals surface area contributed by atoms with Crippen LogP contribution in [-0.2, 0) is 0 Å². The molecule has 9 aromatic rings. The molecule has 0 N–H and O–H groups in total. The Labute approximate surface area is 289 Å². The zero-order valence-electron chi connectivity index (χ0n) is 26.6. The summed E-state index contributed by atoms with van der Waals surface area (Å²) in [7, 11) is 0. The normalized spacial score (nSPS) is 11.3. The van der Waals surface area contributed by atoms with Crippen molar-refractivity contribution >= 4 is 31.5 Å². The summed E-state index contributed by atoms with van der Waals surface area (Å²) in [5.41, 5.74) is 12.2. The van der Waals surface area contributed by atoms with Crippen LogP contribution in [0, 0.1) is 0 Å². The first kappa shape index (κ1) is 29.0. The second kappa shape index (κ2) is 12.5. The summed E-state index contributed by atoms with van der Waals surface area (Å²) in [5, 5.41) is 2.65. The molecule has 2 aromatic heterocycles. The van der Waals surface area contributed by atoms with E-state index in [1.165, 1.54) is 42.4 Å². The van der Waals surface area contributed by atoms with Gasteiger partial charge in [-0.2, -0.15) is 0 Å². The van der Waals surface area contributed by atoms with Crippen LogP contribution in [0.2, 0.25) is 0 Å². The van der Waals surface area contributed by atoms with E-state index in [2.05, 4.69) is 146 Å². The van der Waals surface area contributed by atoms with Gasteiger partial charge in [0.1, 0.15) is 0 Å². The van der Waals surface area contributed by atoms with E-state index in [0.29, 0.717) is 0 Å². The standard InChI is InChI=1S/C46H30N2S/c1-3-12-33(13-4-1)42-30-43(48-46(47-42)34-14-5-2-6-15-34)38-19-10-17-36(29-38)32-26-24-31(25-27-32)35-16-9-18-37(28-35)39-21-11-22-41-40-20-7-8-23-44(40)49-45(39)41/h1-30H. The highest BCUT2D eigenvalue weighted by Gasteiger charge is 2.13. The number of hydrogen-bond acceptors (Lipinski definition) is 3. The van der Waals surface area contributed by atoms with Crippen molar-refractivity contribution in [3.8, 4) is 67.3 Å². The van der Waals surface area contributed by atoms with Crippen LogP contribution >= 0.6 is 11.3 Å².